The monoisotopic (exact) mass is 212 g/mol. The molecule has 0 heterocycles. The maximum atomic E-state index is 11.2. The van der Waals surface area contributed by atoms with Crippen LogP contribution in [0.2, 0.25) is 0 Å². The zero-order valence-corrected chi connectivity index (χ0v) is 9.85. The molecule has 0 aromatic rings. The van der Waals surface area contributed by atoms with Crippen molar-refractivity contribution in [3.05, 3.63) is 12.7 Å². The second kappa shape index (κ2) is 11.1. The molecule has 2 amide bonds. The van der Waals surface area contributed by atoms with Gasteiger partial charge in [-0.3, -0.25) is 0 Å². The van der Waals surface area contributed by atoms with Gasteiger partial charge < -0.3 is 10.6 Å². The predicted octanol–water partition coefficient (Wildman–Crippen LogP) is 2.83. The Morgan fingerprint density at radius 3 is 2.40 bits per heavy atom. The van der Waals surface area contributed by atoms with Crippen molar-refractivity contribution < 1.29 is 4.79 Å². The molecule has 3 nitrogen and oxygen atoms in total. The third-order valence-electron chi connectivity index (χ3n) is 2.19. The molecule has 0 aliphatic carbocycles. The number of allylic oxidation sites excluding steroid dienone is 1. The van der Waals surface area contributed by atoms with E-state index in [1.807, 2.05) is 6.08 Å². The average Bonchev–Trinajstić information content (AvgIpc) is 2.23. The van der Waals surface area contributed by atoms with Crippen LogP contribution in [0.5, 0.6) is 0 Å². The maximum Gasteiger partial charge on any atom is 0.314 e. The fourth-order valence-electron chi connectivity index (χ4n) is 1.23. The average molecular weight is 212 g/mol. The summed E-state index contributed by atoms with van der Waals surface area (Å²) in [5.74, 6) is 0. The van der Waals surface area contributed by atoms with Crippen LogP contribution in [0.1, 0.15) is 45.4 Å². The number of amides is 2. The van der Waals surface area contributed by atoms with Crippen LogP contribution in [0.4, 0.5) is 4.79 Å². The number of hydrogen-bond acceptors (Lipinski definition) is 1. The van der Waals surface area contributed by atoms with Crippen LogP contribution in [0.3, 0.4) is 0 Å². The zero-order valence-electron chi connectivity index (χ0n) is 9.85. The van der Waals surface area contributed by atoms with Crippen molar-refractivity contribution in [3.8, 4) is 0 Å². The van der Waals surface area contributed by atoms with Gasteiger partial charge in [0.2, 0.25) is 0 Å². The van der Waals surface area contributed by atoms with Crippen molar-refractivity contribution in [2.24, 2.45) is 0 Å². The summed E-state index contributed by atoms with van der Waals surface area (Å²) in [6.07, 6.45) is 8.54. The van der Waals surface area contributed by atoms with E-state index in [1.165, 1.54) is 6.42 Å². The number of nitrogens with one attached hydrogen (secondary N) is 2. The first kappa shape index (κ1) is 14.0. The first-order chi connectivity index (χ1) is 7.31. The third kappa shape index (κ3) is 10.9. The van der Waals surface area contributed by atoms with Gasteiger partial charge in [-0.25, -0.2) is 4.79 Å². The van der Waals surface area contributed by atoms with E-state index >= 15 is 0 Å². The molecule has 3 heteroatoms. The molecule has 0 radical (unpaired) electrons. The highest BCUT2D eigenvalue weighted by molar-refractivity contribution is 5.73. The Morgan fingerprint density at radius 2 is 1.80 bits per heavy atom. The minimum absolute atomic E-state index is 0.0350. The van der Waals surface area contributed by atoms with E-state index in [-0.39, 0.29) is 6.03 Å². The van der Waals surface area contributed by atoms with Gasteiger partial charge in [0.1, 0.15) is 0 Å². The van der Waals surface area contributed by atoms with Crippen LogP contribution in [0, 0.1) is 0 Å². The summed E-state index contributed by atoms with van der Waals surface area (Å²) in [7, 11) is 0. The fourth-order valence-corrected chi connectivity index (χ4v) is 1.23. The first-order valence-electron chi connectivity index (χ1n) is 5.93. The summed E-state index contributed by atoms with van der Waals surface area (Å²) >= 11 is 0. The molecule has 0 aromatic carbocycles. The Morgan fingerprint density at radius 1 is 1.13 bits per heavy atom. The van der Waals surface area contributed by atoms with Crippen LogP contribution in [0.15, 0.2) is 12.7 Å². The molecule has 0 rings (SSSR count). The van der Waals surface area contributed by atoms with Gasteiger partial charge in [0.05, 0.1) is 0 Å². The van der Waals surface area contributed by atoms with Gasteiger partial charge in [-0.1, -0.05) is 25.8 Å². The molecule has 15 heavy (non-hydrogen) atoms. The zero-order chi connectivity index (χ0) is 11.4. The van der Waals surface area contributed by atoms with E-state index in [2.05, 4.69) is 24.1 Å². The summed E-state index contributed by atoms with van der Waals surface area (Å²) in [4.78, 5) is 11.2. The lowest BCUT2D eigenvalue weighted by atomic mass is 10.2. The minimum Gasteiger partial charge on any atom is -0.338 e. The molecular formula is C12H24N2O. The summed E-state index contributed by atoms with van der Waals surface area (Å²) < 4.78 is 0. The number of rotatable bonds is 9. The molecule has 0 aliphatic rings. The van der Waals surface area contributed by atoms with E-state index in [4.69, 9.17) is 0 Å². The lowest BCUT2D eigenvalue weighted by Crippen LogP contribution is -2.36. The highest BCUT2D eigenvalue weighted by atomic mass is 16.2. The number of urea groups is 1. The van der Waals surface area contributed by atoms with E-state index in [9.17, 15) is 4.79 Å². The lowest BCUT2D eigenvalue weighted by Gasteiger charge is -2.06. The summed E-state index contributed by atoms with van der Waals surface area (Å²) in [5, 5.41) is 5.66. The van der Waals surface area contributed by atoms with Gasteiger partial charge in [-0.15, -0.1) is 6.58 Å². The molecular weight excluding hydrogens is 188 g/mol. The van der Waals surface area contributed by atoms with Gasteiger partial charge in [0, 0.05) is 13.1 Å². The van der Waals surface area contributed by atoms with Crippen molar-refractivity contribution >= 4 is 6.03 Å². The van der Waals surface area contributed by atoms with Gasteiger partial charge in [0.15, 0.2) is 0 Å². The van der Waals surface area contributed by atoms with Crippen molar-refractivity contribution in [3.63, 3.8) is 0 Å². The Bertz CT molecular complexity index is 169. The molecule has 0 bridgehead atoms. The van der Waals surface area contributed by atoms with Crippen LogP contribution in [-0.2, 0) is 0 Å². The van der Waals surface area contributed by atoms with Gasteiger partial charge in [-0.2, -0.15) is 0 Å². The second-order valence-corrected chi connectivity index (χ2v) is 3.67. The summed E-state index contributed by atoms with van der Waals surface area (Å²) in [6.45, 7) is 7.33. The molecule has 0 saturated heterocycles. The van der Waals surface area contributed by atoms with Crippen molar-refractivity contribution in [1.29, 1.82) is 0 Å². The fraction of sp³-hybridized carbons (Fsp3) is 0.750. The highest BCUT2D eigenvalue weighted by Crippen LogP contribution is 1.98. The Labute approximate surface area is 93.3 Å². The Kier molecular flexibility index (Phi) is 10.4. The molecule has 2 N–H and O–H groups in total. The third-order valence-corrected chi connectivity index (χ3v) is 2.19. The Balaban J connectivity index is 3.13. The smallest absolute Gasteiger partial charge is 0.314 e. The molecule has 0 aromatic heterocycles. The summed E-state index contributed by atoms with van der Waals surface area (Å²) in [5.41, 5.74) is 0. The highest BCUT2D eigenvalue weighted by Gasteiger charge is 1.96. The molecule has 0 unspecified atom stereocenters. The van der Waals surface area contributed by atoms with Crippen LogP contribution in [0.25, 0.3) is 0 Å². The Hall–Kier alpha value is -0.990. The molecule has 0 fully saturated rings. The molecule has 0 spiro atoms. The van der Waals surface area contributed by atoms with E-state index in [0.29, 0.717) is 0 Å². The van der Waals surface area contributed by atoms with E-state index in [0.717, 1.165) is 45.2 Å². The number of carbonyl (C=O) groups is 1. The molecule has 0 saturated carbocycles. The maximum absolute atomic E-state index is 11.2. The molecule has 0 atom stereocenters. The van der Waals surface area contributed by atoms with Crippen LogP contribution >= 0.6 is 0 Å². The van der Waals surface area contributed by atoms with Gasteiger partial charge >= 0.3 is 6.03 Å². The second-order valence-electron chi connectivity index (χ2n) is 3.67. The van der Waals surface area contributed by atoms with Crippen molar-refractivity contribution in [1.82, 2.24) is 10.6 Å². The van der Waals surface area contributed by atoms with Crippen molar-refractivity contribution in [2.75, 3.05) is 13.1 Å². The van der Waals surface area contributed by atoms with E-state index in [1.54, 1.807) is 0 Å². The van der Waals surface area contributed by atoms with Gasteiger partial charge in [0.25, 0.3) is 0 Å². The number of unbranched alkanes of at least 4 members (excludes halogenated alkanes) is 4. The molecule has 0 aliphatic heterocycles. The van der Waals surface area contributed by atoms with E-state index < -0.39 is 0 Å². The van der Waals surface area contributed by atoms with Crippen LogP contribution < -0.4 is 10.6 Å². The molecule has 88 valence electrons. The first-order valence-corrected chi connectivity index (χ1v) is 5.93. The van der Waals surface area contributed by atoms with Gasteiger partial charge in [-0.05, 0) is 25.7 Å². The van der Waals surface area contributed by atoms with Crippen LogP contribution in [-0.4, -0.2) is 19.1 Å². The topological polar surface area (TPSA) is 41.1 Å². The van der Waals surface area contributed by atoms with Crippen molar-refractivity contribution in [2.45, 2.75) is 45.4 Å². The summed E-state index contributed by atoms with van der Waals surface area (Å²) in [6, 6.07) is -0.0350. The minimum atomic E-state index is -0.0350. The normalized spacial score (nSPS) is 9.67. The SMILES string of the molecule is C=CCCCCCNC(=O)NCCCC. The number of carbonyl (C=O) groups excluding carboxylic acids is 1. The number of hydrogen-bond donors (Lipinski definition) is 2. The standard InChI is InChI=1S/C12H24N2O/c1-3-5-7-8-9-11-14-12(15)13-10-6-4-2/h3H,1,4-11H2,2H3,(H2,13,14,15). The largest absolute Gasteiger partial charge is 0.338 e. The quantitative estimate of drug-likeness (QED) is 0.448. The predicted molar refractivity (Wildman–Crippen MR) is 65.0 cm³/mol. The lowest BCUT2D eigenvalue weighted by molar-refractivity contribution is 0.240.